The van der Waals surface area contributed by atoms with Gasteiger partial charge < -0.3 is 10.1 Å². The minimum absolute atomic E-state index is 0.000354. The van der Waals surface area contributed by atoms with Gasteiger partial charge in [-0.3, -0.25) is 0 Å². The van der Waals surface area contributed by atoms with Crippen LogP contribution in [0.15, 0.2) is 0 Å². The Hall–Kier alpha value is -0.520. The first kappa shape index (κ1) is 10.6. The van der Waals surface area contributed by atoms with Crippen LogP contribution in [-0.2, 0) is 4.74 Å². The SMILES string of the molecule is CC#CCCNC1CCOC1(C)C. The molecule has 2 nitrogen and oxygen atoms in total. The van der Waals surface area contributed by atoms with Crippen molar-refractivity contribution in [2.75, 3.05) is 13.2 Å². The van der Waals surface area contributed by atoms with E-state index in [-0.39, 0.29) is 5.60 Å². The summed E-state index contributed by atoms with van der Waals surface area (Å²) in [6.45, 7) is 8.01. The molecule has 1 fully saturated rings. The number of nitrogens with one attached hydrogen (secondary N) is 1. The van der Waals surface area contributed by atoms with Gasteiger partial charge in [0.25, 0.3) is 0 Å². The van der Waals surface area contributed by atoms with Crippen molar-refractivity contribution >= 4 is 0 Å². The summed E-state index contributed by atoms with van der Waals surface area (Å²) in [4.78, 5) is 0. The largest absolute Gasteiger partial charge is 0.374 e. The van der Waals surface area contributed by atoms with Gasteiger partial charge >= 0.3 is 0 Å². The van der Waals surface area contributed by atoms with Crippen molar-refractivity contribution in [2.24, 2.45) is 0 Å². The Morgan fingerprint density at radius 3 is 2.85 bits per heavy atom. The van der Waals surface area contributed by atoms with E-state index in [1.165, 1.54) is 0 Å². The minimum Gasteiger partial charge on any atom is -0.374 e. The van der Waals surface area contributed by atoms with E-state index >= 15 is 0 Å². The number of ether oxygens (including phenoxy) is 1. The molecule has 13 heavy (non-hydrogen) atoms. The van der Waals surface area contributed by atoms with Crippen LogP contribution in [0.3, 0.4) is 0 Å². The molecule has 0 amide bonds. The molecule has 1 aliphatic rings. The molecule has 0 saturated carbocycles. The smallest absolute Gasteiger partial charge is 0.0779 e. The summed E-state index contributed by atoms with van der Waals surface area (Å²) in [6, 6.07) is 0.492. The molecule has 1 aliphatic heterocycles. The van der Waals surface area contributed by atoms with Crippen LogP contribution in [0.1, 0.15) is 33.6 Å². The lowest BCUT2D eigenvalue weighted by Crippen LogP contribution is -2.43. The Kier molecular flexibility index (Phi) is 3.77. The van der Waals surface area contributed by atoms with Gasteiger partial charge in [-0.25, -0.2) is 0 Å². The molecule has 0 spiro atoms. The molecule has 1 N–H and O–H groups in total. The standard InChI is InChI=1S/C11H19NO/c1-4-5-6-8-12-10-7-9-13-11(10,2)3/h10,12H,6-9H2,1-3H3. The molecule has 1 heterocycles. The fourth-order valence-electron chi connectivity index (χ4n) is 1.67. The third kappa shape index (κ3) is 3.02. The molecule has 0 aliphatic carbocycles. The summed E-state index contributed by atoms with van der Waals surface area (Å²) in [6.07, 6.45) is 2.05. The average Bonchev–Trinajstić information content (AvgIpc) is 2.40. The third-order valence-corrected chi connectivity index (χ3v) is 2.54. The molecular weight excluding hydrogens is 162 g/mol. The summed E-state index contributed by atoms with van der Waals surface area (Å²) >= 11 is 0. The Morgan fingerprint density at radius 1 is 1.54 bits per heavy atom. The van der Waals surface area contributed by atoms with Gasteiger partial charge in [0, 0.05) is 25.6 Å². The fraction of sp³-hybridized carbons (Fsp3) is 0.818. The Labute approximate surface area is 81.0 Å². The van der Waals surface area contributed by atoms with Gasteiger partial charge in [-0.15, -0.1) is 11.8 Å². The second-order valence-electron chi connectivity index (χ2n) is 3.92. The first-order valence-electron chi connectivity index (χ1n) is 4.94. The molecule has 1 unspecified atom stereocenters. The van der Waals surface area contributed by atoms with Crippen LogP contribution in [0.25, 0.3) is 0 Å². The van der Waals surface area contributed by atoms with Crippen molar-refractivity contribution in [3.8, 4) is 11.8 Å². The van der Waals surface area contributed by atoms with E-state index < -0.39 is 0 Å². The van der Waals surface area contributed by atoms with Crippen molar-refractivity contribution in [2.45, 2.75) is 45.3 Å². The van der Waals surface area contributed by atoms with Crippen molar-refractivity contribution in [3.63, 3.8) is 0 Å². The summed E-state index contributed by atoms with van der Waals surface area (Å²) in [5.74, 6) is 5.94. The van der Waals surface area contributed by atoms with E-state index in [1.807, 2.05) is 6.92 Å². The van der Waals surface area contributed by atoms with Crippen LogP contribution >= 0.6 is 0 Å². The van der Waals surface area contributed by atoms with Gasteiger partial charge in [0.1, 0.15) is 0 Å². The minimum atomic E-state index is -0.000354. The molecule has 74 valence electrons. The van der Waals surface area contributed by atoms with Crippen molar-refractivity contribution in [1.82, 2.24) is 5.32 Å². The highest BCUT2D eigenvalue weighted by molar-refractivity contribution is 4.96. The predicted molar refractivity (Wildman–Crippen MR) is 54.5 cm³/mol. The van der Waals surface area contributed by atoms with Crippen LogP contribution in [0.2, 0.25) is 0 Å². The normalized spacial score (nSPS) is 25.3. The molecule has 0 bridgehead atoms. The first-order chi connectivity index (χ1) is 6.17. The lowest BCUT2D eigenvalue weighted by molar-refractivity contribution is 0.0219. The van der Waals surface area contributed by atoms with Gasteiger partial charge in [0.2, 0.25) is 0 Å². The second kappa shape index (κ2) is 4.64. The molecule has 0 aromatic rings. The Bertz CT molecular complexity index is 212. The first-order valence-corrected chi connectivity index (χ1v) is 4.94. The summed E-state index contributed by atoms with van der Waals surface area (Å²) in [5.41, 5.74) is -0.000354. The van der Waals surface area contributed by atoms with Gasteiger partial charge in [-0.1, -0.05) is 0 Å². The highest BCUT2D eigenvalue weighted by atomic mass is 16.5. The van der Waals surface area contributed by atoms with Crippen molar-refractivity contribution in [1.29, 1.82) is 0 Å². The molecule has 0 aromatic carbocycles. The zero-order chi connectivity index (χ0) is 9.73. The zero-order valence-electron chi connectivity index (χ0n) is 8.81. The van der Waals surface area contributed by atoms with E-state index in [0.29, 0.717) is 6.04 Å². The maximum atomic E-state index is 5.61. The summed E-state index contributed by atoms with van der Waals surface area (Å²) in [7, 11) is 0. The monoisotopic (exact) mass is 181 g/mol. The summed E-state index contributed by atoms with van der Waals surface area (Å²) < 4.78 is 5.61. The van der Waals surface area contributed by atoms with Crippen LogP contribution in [0.5, 0.6) is 0 Å². The predicted octanol–water partition coefficient (Wildman–Crippen LogP) is 1.56. The van der Waals surface area contributed by atoms with Crippen molar-refractivity contribution < 1.29 is 4.74 Å². The molecular formula is C11H19NO. The van der Waals surface area contributed by atoms with E-state index in [4.69, 9.17) is 4.74 Å². The maximum Gasteiger partial charge on any atom is 0.0779 e. The summed E-state index contributed by atoms with van der Waals surface area (Å²) in [5, 5.41) is 3.48. The number of hydrogen-bond acceptors (Lipinski definition) is 2. The number of hydrogen-bond donors (Lipinski definition) is 1. The Balaban J connectivity index is 2.23. The third-order valence-electron chi connectivity index (χ3n) is 2.54. The molecule has 1 atom stereocenters. The Morgan fingerprint density at radius 2 is 2.31 bits per heavy atom. The van der Waals surface area contributed by atoms with Gasteiger partial charge in [0.05, 0.1) is 5.60 Å². The van der Waals surface area contributed by atoms with Crippen molar-refractivity contribution in [3.05, 3.63) is 0 Å². The van der Waals surface area contributed by atoms with E-state index in [9.17, 15) is 0 Å². The lowest BCUT2D eigenvalue weighted by atomic mass is 9.99. The second-order valence-corrected chi connectivity index (χ2v) is 3.92. The topological polar surface area (TPSA) is 21.3 Å². The molecule has 1 rings (SSSR count). The highest BCUT2D eigenvalue weighted by Crippen LogP contribution is 2.24. The molecule has 1 saturated heterocycles. The fourth-order valence-corrected chi connectivity index (χ4v) is 1.67. The van der Waals surface area contributed by atoms with Crippen LogP contribution in [0, 0.1) is 11.8 Å². The highest BCUT2D eigenvalue weighted by Gasteiger charge is 2.34. The van der Waals surface area contributed by atoms with Crippen LogP contribution in [0.4, 0.5) is 0 Å². The average molecular weight is 181 g/mol. The number of rotatable bonds is 3. The van der Waals surface area contributed by atoms with Crippen LogP contribution in [-0.4, -0.2) is 24.8 Å². The van der Waals surface area contributed by atoms with Gasteiger partial charge in [0.15, 0.2) is 0 Å². The van der Waals surface area contributed by atoms with E-state index in [2.05, 4.69) is 31.0 Å². The zero-order valence-corrected chi connectivity index (χ0v) is 8.81. The van der Waals surface area contributed by atoms with Crippen LogP contribution < -0.4 is 5.32 Å². The quantitative estimate of drug-likeness (QED) is 0.527. The molecule has 0 aromatic heterocycles. The van der Waals surface area contributed by atoms with E-state index in [0.717, 1.165) is 26.0 Å². The molecule has 0 radical (unpaired) electrons. The maximum absolute atomic E-state index is 5.61. The van der Waals surface area contributed by atoms with E-state index in [1.54, 1.807) is 0 Å². The lowest BCUT2D eigenvalue weighted by Gasteiger charge is -2.26. The van der Waals surface area contributed by atoms with Gasteiger partial charge in [-0.2, -0.15) is 0 Å². The molecule has 2 heteroatoms. The van der Waals surface area contributed by atoms with Gasteiger partial charge in [-0.05, 0) is 27.2 Å².